The first kappa shape index (κ1) is 20.7. The second kappa shape index (κ2) is 8.74. The first-order valence-electron chi connectivity index (χ1n) is 11.1. The number of nitrogens with zero attached hydrogens (tertiary/aromatic N) is 4. The van der Waals surface area contributed by atoms with Crippen molar-refractivity contribution in [2.24, 2.45) is 0 Å². The predicted molar refractivity (Wildman–Crippen MR) is 130 cm³/mol. The average molecular weight is 436 g/mol. The number of pyridine rings is 1. The number of carbonyl (C=O) groups excluding carboxylic acids is 1. The van der Waals surface area contributed by atoms with Crippen LogP contribution in [0.3, 0.4) is 0 Å². The van der Waals surface area contributed by atoms with Crippen molar-refractivity contribution in [2.45, 2.75) is 26.4 Å². The van der Waals surface area contributed by atoms with Gasteiger partial charge < -0.3 is 9.88 Å². The van der Waals surface area contributed by atoms with Crippen LogP contribution in [-0.4, -0.2) is 25.2 Å². The van der Waals surface area contributed by atoms with E-state index in [0.29, 0.717) is 5.56 Å². The van der Waals surface area contributed by atoms with Gasteiger partial charge >= 0.3 is 0 Å². The van der Waals surface area contributed by atoms with Crippen molar-refractivity contribution in [3.63, 3.8) is 0 Å². The average Bonchev–Trinajstić information content (AvgIpc) is 3.56. The summed E-state index contributed by atoms with van der Waals surface area (Å²) in [5.41, 5.74) is 5.15. The van der Waals surface area contributed by atoms with E-state index in [-0.39, 0.29) is 11.9 Å². The summed E-state index contributed by atoms with van der Waals surface area (Å²) in [5.74, 6) is -0.125. The molecule has 1 unspecified atom stereocenters. The van der Waals surface area contributed by atoms with Crippen LogP contribution in [0.5, 0.6) is 0 Å². The molecule has 1 amide bonds. The van der Waals surface area contributed by atoms with Crippen LogP contribution in [0.15, 0.2) is 91.5 Å². The van der Waals surface area contributed by atoms with E-state index in [1.54, 1.807) is 6.20 Å². The van der Waals surface area contributed by atoms with Crippen molar-refractivity contribution < 1.29 is 4.79 Å². The lowest BCUT2D eigenvalue weighted by Crippen LogP contribution is -2.27. The Morgan fingerprint density at radius 2 is 1.79 bits per heavy atom. The van der Waals surface area contributed by atoms with Gasteiger partial charge in [0.25, 0.3) is 5.91 Å². The Morgan fingerprint density at radius 1 is 1.03 bits per heavy atom. The number of fused-ring (bicyclic) bond motifs is 1. The van der Waals surface area contributed by atoms with Crippen LogP contribution in [0.2, 0.25) is 0 Å². The first-order valence-corrected chi connectivity index (χ1v) is 11.1. The van der Waals surface area contributed by atoms with Crippen LogP contribution >= 0.6 is 0 Å². The van der Waals surface area contributed by atoms with E-state index >= 15 is 0 Å². The molecule has 164 valence electrons. The Labute approximate surface area is 192 Å². The Hall–Kier alpha value is -4.19. The number of carbonyl (C=O) groups is 1. The van der Waals surface area contributed by atoms with E-state index in [2.05, 4.69) is 39.2 Å². The van der Waals surface area contributed by atoms with Gasteiger partial charge in [-0.1, -0.05) is 30.3 Å². The molecule has 3 heterocycles. The van der Waals surface area contributed by atoms with Gasteiger partial charge in [0, 0.05) is 41.8 Å². The molecule has 5 aromatic rings. The number of hydrogen-bond acceptors (Lipinski definition) is 3. The van der Waals surface area contributed by atoms with E-state index in [0.717, 1.165) is 40.0 Å². The van der Waals surface area contributed by atoms with Gasteiger partial charge in [0.05, 0.1) is 29.0 Å². The summed E-state index contributed by atoms with van der Waals surface area (Å²) in [6, 6.07) is 21.7. The monoisotopic (exact) mass is 435 g/mol. The smallest absolute Gasteiger partial charge is 0.252 e. The first-order chi connectivity index (χ1) is 16.1. The van der Waals surface area contributed by atoms with Crippen LogP contribution in [0.1, 0.15) is 35.8 Å². The molecule has 6 heteroatoms. The van der Waals surface area contributed by atoms with Crippen LogP contribution in [0.4, 0.5) is 0 Å². The highest BCUT2D eigenvalue weighted by Crippen LogP contribution is 2.25. The van der Waals surface area contributed by atoms with E-state index in [1.807, 2.05) is 79.6 Å². The lowest BCUT2D eigenvalue weighted by molar-refractivity contribution is 0.0941. The van der Waals surface area contributed by atoms with E-state index in [1.165, 1.54) is 0 Å². The molecule has 2 aromatic carbocycles. The number of hydrogen-bond donors (Lipinski definition) is 1. The maximum Gasteiger partial charge on any atom is 0.252 e. The number of nitrogens with one attached hydrogen (secondary N) is 1. The zero-order chi connectivity index (χ0) is 22.8. The van der Waals surface area contributed by atoms with Gasteiger partial charge in [0.2, 0.25) is 0 Å². The third-order valence-corrected chi connectivity index (χ3v) is 5.86. The van der Waals surface area contributed by atoms with Gasteiger partial charge in [-0.25, -0.2) is 4.98 Å². The lowest BCUT2D eigenvalue weighted by Gasteiger charge is -2.16. The fourth-order valence-electron chi connectivity index (χ4n) is 3.98. The van der Waals surface area contributed by atoms with Gasteiger partial charge in [-0.15, -0.1) is 0 Å². The number of aryl methyl sites for hydroxylation is 1. The van der Waals surface area contributed by atoms with Crippen molar-refractivity contribution in [3.05, 3.63) is 103 Å². The largest absolute Gasteiger partial charge is 0.345 e. The van der Waals surface area contributed by atoms with E-state index in [9.17, 15) is 4.79 Å². The minimum Gasteiger partial charge on any atom is -0.345 e. The number of benzene rings is 2. The molecule has 0 saturated carbocycles. The van der Waals surface area contributed by atoms with Crippen LogP contribution in [0, 0.1) is 0 Å². The molecule has 0 saturated heterocycles. The summed E-state index contributed by atoms with van der Waals surface area (Å²) in [6.45, 7) is 4.82. The van der Waals surface area contributed by atoms with Crippen molar-refractivity contribution in [3.8, 4) is 16.9 Å². The molecule has 33 heavy (non-hydrogen) atoms. The summed E-state index contributed by atoms with van der Waals surface area (Å²) < 4.78 is 3.91. The molecule has 5 rings (SSSR count). The number of amides is 1. The summed E-state index contributed by atoms with van der Waals surface area (Å²) in [5, 5.41) is 8.34. The molecule has 1 N–H and O–H groups in total. The molecule has 6 nitrogen and oxygen atoms in total. The maximum atomic E-state index is 13.4. The third kappa shape index (κ3) is 4.15. The Kier molecular flexibility index (Phi) is 5.48. The summed E-state index contributed by atoms with van der Waals surface area (Å²) in [7, 11) is 0. The molecular formula is C27H25N5O. The van der Waals surface area contributed by atoms with Crippen LogP contribution < -0.4 is 5.32 Å². The van der Waals surface area contributed by atoms with Crippen LogP contribution in [0.25, 0.3) is 27.8 Å². The highest BCUT2D eigenvalue weighted by molar-refractivity contribution is 6.07. The van der Waals surface area contributed by atoms with Gasteiger partial charge in [-0.3, -0.25) is 9.48 Å². The van der Waals surface area contributed by atoms with Gasteiger partial charge in [-0.2, -0.15) is 5.10 Å². The van der Waals surface area contributed by atoms with Gasteiger partial charge in [-0.05, 0) is 55.8 Å². The summed E-state index contributed by atoms with van der Waals surface area (Å²) >= 11 is 0. The number of aromatic nitrogens is 4. The van der Waals surface area contributed by atoms with Crippen molar-refractivity contribution in [1.82, 2.24) is 24.6 Å². The normalized spacial score (nSPS) is 12.1. The molecule has 0 aliphatic heterocycles. The SMILES string of the molecule is CCn1cc(-c2cc(C(=O)NC(C)c3ccc(-n4cccc4)cc3)c3ccccc3n2)cn1. The zero-order valence-electron chi connectivity index (χ0n) is 18.6. The lowest BCUT2D eigenvalue weighted by atomic mass is 10.0. The Morgan fingerprint density at radius 3 is 2.52 bits per heavy atom. The second-order valence-electron chi connectivity index (χ2n) is 8.03. The van der Waals surface area contributed by atoms with E-state index in [4.69, 9.17) is 4.98 Å². The minimum atomic E-state index is -0.144. The molecule has 0 radical (unpaired) electrons. The fraction of sp³-hybridized carbons (Fsp3) is 0.148. The minimum absolute atomic E-state index is 0.125. The summed E-state index contributed by atoms with van der Waals surface area (Å²) in [4.78, 5) is 18.1. The Balaban J connectivity index is 1.43. The predicted octanol–water partition coefficient (Wildman–Crippen LogP) is 5.40. The molecule has 0 bridgehead atoms. The quantitative estimate of drug-likeness (QED) is 0.388. The fourth-order valence-corrected chi connectivity index (χ4v) is 3.98. The van der Waals surface area contributed by atoms with Gasteiger partial charge in [0.15, 0.2) is 0 Å². The molecule has 3 aromatic heterocycles. The number of para-hydroxylation sites is 1. The molecule has 0 spiro atoms. The molecule has 0 aliphatic carbocycles. The second-order valence-corrected chi connectivity index (χ2v) is 8.03. The molecular weight excluding hydrogens is 410 g/mol. The number of rotatable bonds is 6. The standard InChI is InChI=1S/C27H25N5O/c1-3-32-18-21(17-28-32)26-16-24(23-8-4-5-9-25(23)30-26)27(33)29-19(2)20-10-12-22(13-11-20)31-14-6-7-15-31/h4-19H,3H2,1-2H3,(H,29,33). The molecule has 1 atom stereocenters. The van der Waals surface area contributed by atoms with Crippen molar-refractivity contribution in [2.75, 3.05) is 0 Å². The zero-order valence-corrected chi connectivity index (χ0v) is 18.6. The van der Waals surface area contributed by atoms with E-state index < -0.39 is 0 Å². The van der Waals surface area contributed by atoms with Crippen LogP contribution in [-0.2, 0) is 6.54 Å². The van der Waals surface area contributed by atoms with Crippen molar-refractivity contribution in [1.29, 1.82) is 0 Å². The maximum absolute atomic E-state index is 13.4. The molecule has 0 fully saturated rings. The summed E-state index contributed by atoms with van der Waals surface area (Å²) in [6.07, 6.45) is 7.76. The van der Waals surface area contributed by atoms with Crippen molar-refractivity contribution >= 4 is 16.8 Å². The topological polar surface area (TPSA) is 64.7 Å². The molecule has 0 aliphatic rings. The highest BCUT2D eigenvalue weighted by atomic mass is 16.1. The third-order valence-electron chi connectivity index (χ3n) is 5.86. The Bertz CT molecular complexity index is 1400. The highest BCUT2D eigenvalue weighted by Gasteiger charge is 2.17. The van der Waals surface area contributed by atoms with Gasteiger partial charge in [0.1, 0.15) is 0 Å².